The van der Waals surface area contributed by atoms with E-state index in [4.69, 9.17) is 5.73 Å². The molecule has 118 valence electrons. The molecule has 2 rings (SSSR count). The normalized spacial score (nSPS) is 16.9. The van der Waals surface area contributed by atoms with Crippen LogP contribution in [0.3, 0.4) is 0 Å². The molecule has 2 N–H and O–H groups in total. The minimum Gasteiger partial charge on any atom is -0.368 e. The molecule has 1 saturated carbocycles. The molecule has 0 radical (unpaired) electrons. The maximum absolute atomic E-state index is 12.4. The lowest BCUT2D eigenvalue weighted by atomic mass is 10.1. The lowest BCUT2D eigenvalue weighted by Crippen LogP contribution is -2.41. The van der Waals surface area contributed by atoms with Gasteiger partial charge in [0.25, 0.3) is 5.56 Å². The Balaban J connectivity index is 2.29. The smallest absolute Gasteiger partial charge is 0.368 e. The highest BCUT2D eigenvalue weighted by Crippen LogP contribution is 2.37. The summed E-state index contributed by atoms with van der Waals surface area (Å²) < 4.78 is 37.6. The lowest BCUT2D eigenvalue weighted by Gasteiger charge is -2.29. The average molecular weight is 369 g/mol. The highest BCUT2D eigenvalue weighted by molar-refractivity contribution is 9.10. The summed E-state index contributed by atoms with van der Waals surface area (Å²) in [4.78, 5) is 13.8. The van der Waals surface area contributed by atoms with Crippen molar-refractivity contribution in [2.75, 3.05) is 18.5 Å². The van der Waals surface area contributed by atoms with Gasteiger partial charge in [-0.25, -0.2) is 4.68 Å². The van der Waals surface area contributed by atoms with Crippen LogP contribution < -0.4 is 16.2 Å². The Morgan fingerprint density at radius 2 is 2.19 bits per heavy atom. The molecule has 0 aliphatic heterocycles. The summed E-state index contributed by atoms with van der Waals surface area (Å²) in [5.74, 6) is 0.463. The van der Waals surface area contributed by atoms with Crippen molar-refractivity contribution in [2.45, 2.75) is 31.6 Å². The maximum Gasteiger partial charge on any atom is 0.408 e. The molecule has 5 nitrogen and oxygen atoms in total. The van der Waals surface area contributed by atoms with Crippen LogP contribution in [0.25, 0.3) is 0 Å². The van der Waals surface area contributed by atoms with Gasteiger partial charge >= 0.3 is 6.18 Å². The summed E-state index contributed by atoms with van der Waals surface area (Å²) in [6, 6.07) is 0.0565. The highest BCUT2D eigenvalue weighted by Gasteiger charge is 2.34. The number of alkyl halides is 3. The molecule has 0 bridgehead atoms. The van der Waals surface area contributed by atoms with Crippen LogP contribution in [0.1, 0.15) is 12.8 Å². The van der Waals surface area contributed by atoms with Crippen LogP contribution in [0.4, 0.5) is 18.9 Å². The summed E-state index contributed by atoms with van der Waals surface area (Å²) >= 11 is 3.08. The molecule has 21 heavy (non-hydrogen) atoms. The number of hydrogen-bond donors (Lipinski definition) is 1. The summed E-state index contributed by atoms with van der Waals surface area (Å²) in [6.07, 6.45) is -1.08. The van der Waals surface area contributed by atoms with Crippen LogP contribution in [-0.4, -0.2) is 35.6 Å². The first-order valence-electron chi connectivity index (χ1n) is 6.50. The molecule has 1 aliphatic rings. The summed E-state index contributed by atoms with van der Waals surface area (Å²) in [5.41, 5.74) is 5.40. The summed E-state index contributed by atoms with van der Waals surface area (Å²) in [6.45, 7) is -0.989. The molecule has 0 saturated heterocycles. The SMILES string of the molecule is CN(c1cnn(CC(F)(F)F)c(=O)c1Br)C(CN)C1CC1. The van der Waals surface area contributed by atoms with Gasteiger partial charge in [-0.05, 0) is 34.7 Å². The Bertz CT molecular complexity index is 571. The van der Waals surface area contributed by atoms with E-state index in [1.807, 2.05) is 4.90 Å². The number of hydrogen-bond acceptors (Lipinski definition) is 4. The number of aromatic nitrogens is 2. The number of likely N-dealkylation sites (N-methyl/N-ethyl adjacent to an activating group) is 1. The number of anilines is 1. The van der Waals surface area contributed by atoms with E-state index < -0.39 is 18.3 Å². The standard InChI is InChI=1S/C12H16BrF3N4O/c1-19(8(4-17)7-2-3-7)9-5-18-20(6-12(14,15)16)11(21)10(9)13/h5,7-8H,2-4,6,17H2,1H3. The molecule has 1 heterocycles. The van der Waals surface area contributed by atoms with Crippen molar-refractivity contribution < 1.29 is 13.2 Å². The van der Waals surface area contributed by atoms with Gasteiger partial charge in [0.05, 0.1) is 11.9 Å². The largest absolute Gasteiger partial charge is 0.408 e. The molecule has 1 aromatic heterocycles. The van der Waals surface area contributed by atoms with E-state index in [9.17, 15) is 18.0 Å². The van der Waals surface area contributed by atoms with E-state index in [1.165, 1.54) is 6.20 Å². The second kappa shape index (κ2) is 5.96. The van der Waals surface area contributed by atoms with Gasteiger partial charge in [0.1, 0.15) is 11.0 Å². The van der Waals surface area contributed by atoms with Gasteiger partial charge in [0.15, 0.2) is 0 Å². The van der Waals surface area contributed by atoms with Crippen LogP contribution in [0, 0.1) is 5.92 Å². The second-order valence-electron chi connectivity index (χ2n) is 5.17. The van der Waals surface area contributed by atoms with Crippen molar-refractivity contribution in [3.8, 4) is 0 Å². The van der Waals surface area contributed by atoms with E-state index in [2.05, 4.69) is 21.0 Å². The quantitative estimate of drug-likeness (QED) is 0.859. The maximum atomic E-state index is 12.4. The first kappa shape index (κ1) is 16.3. The zero-order valence-corrected chi connectivity index (χ0v) is 13.0. The van der Waals surface area contributed by atoms with E-state index in [1.54, 1.807) is 7.05 Å². The van der Waals surface area contributed by atoms with E-state index in [0.29, 0.717) is 22.8 Å². The minimum atomic E-state index is -4.49. The van der Waals surface area contributed by atoms with Crippen LogP contribution in [0.5, 0.6) is 0 Å². The van der Waals surface area contributed by atoms with Crippen LogP contribution in [0.2, 0.25) is 0 Å². The highest BCUT2D eigenvalue weighted by atomic mass is 79.9. The number of nitrogens with zero attached hydrogens (tertiary/aromatic N) is 3. The fourth-order valence-electron chi connectivity index (χ4n) is 2.31. The Morgan fingerprint density at radius 3 is 2.67 bits per heavy atom. The summed E-state index contributed by atoms with van der Waals surface area (Å²) in [7, 11) is 1.77. The van der Waals surface area contributed by atoms with Crippen molar-refractivity contribution in [2.24, 2.45) is 11.7 Å². The third kappa shape index (κ3) is 3.76. The zero-order valence-electron chi connectivity index (χ0n) is 11.4. The fourth-order valence-corrected chi connectivity index (χ4v) is 2.90. The molecule has 1 aliphatic carbocycles. The molecule has 1 aromatic rings. The number of halogens is 4. The molecule has 0 aromatic carbocycles. The summed E-state index contributed by atoms with van der Waals surface area (Å²) in [5, 5.41) is 3.61. The van der Waals surface area contributed by atoms with Crippen molar-refractivity contribution in [3.63, 3.8) is 0 Å². The molecule has 9 heteroatoms. The monoisotopic (exact) mass is 368 g/mol. The Morgan fingerprint density at radius 1 is 1.57 bits per heavy atom. The van der Waals surface area contributed by atoms with Gasteiger partial charge in [-0.15, -0.1) is 0 Å². The van der Waals surface area contributed by atoms with Crippen LogP contribution in [0.15, 0.2) is 15.5 Å². The van der Waals surface area contributed by atoms with Crippen molar-refractivity contribution >= 4 is 21.6 Å². The van der Waals surface area contributed by atoms with Crippen LogP contribution in [-0.2, 0) is 6.54 Å². The molecule has 0 amide bonds. The second-order valence-corrected chi connectivity index (χ2v) is 5.97. The molecule has 1 fully saturated rings. The number of rotatable bonds is 5. The molecular formula is C12H16BrF3N4O. The molecular weight excluding hydrogens is 353 g/mol. The fraction of sp³-hybridized carbons (Fsp3) is 0.667. The molecule has 0 spiro atoms. The predicted molar refractivity (Wildman–Crippen MR) is 76.2 cm³/mol. The third-order valence-electron chi connectivity index (χ3n) is 3.58. The lowest BCUT2D eigenvalue weighted by molar-refractivity contribution is -0.143. The average Bonchev–Trinajstić information content (AvgIpc) is 3.19. The van der Waals surface area contributed by atoms with Crippen molar-refractivity contribution in [1.82, 2.24) is 9.78 Å². The van der Waals surface area contributed by atoms with Crippen molar-refractivity contribution in [1.29, 1.82) is 0 Å². The predicted octanol–water partition coefficient (Wildman–Crippen LogP) is 1.74. The number of nitrogens with two attached hydrogens (primary N) is 1. The van der Waals surface area contributed by atoms with Gasteiger partial charge in [-0.3, -0.25) is 4.79 Å². The molecule has 1 atom stereocenters. The van der Waals surface area contributed by atoms with Gasteiger partial charge < -0.3 is 10.6 Å². The Kier molecular flexibility index (Phi) is 4.62. The van der Waals surface area contributed by atoms with Gasteiger partial charge in [-0.1, -0.05) is 0 Å². The Labute approximate surface area is 128 Å². The van der Waals surface area contributed by atoms with Gasteiger partial charge in [0.2, 0.25) is 0 Å². The van der Waals surface area contributed by atoms with E-state index in [-0.39, 0.29) is 10.5 Å². The first-order valence-corrected chi connectivity index (χ1v) is 7.29. The Hall–Kier alpha value is -1.09. The zero-order chi connectivity index (χ0) is 15.8. The van der Waals surface area contributed by atoms with E-state index >= 15 is 0 Å². The molecule has 1 unspecified atom stereocenters. The minimum absolute atomic E-state index is 0.0565. The third-order valence-corrected chi connectivity index (χ3v) is 4.33. The first-order chi connectivity index (χ1) is 9.74. The van der Waals surface area contributed by atoms with Crippen LogP contribution >= 0.6 is 15.9 Å². The van der Waals surface area contributed by atoms with Gasteiger partial charge in [0, 0.05) is 19.6 Å². The van der Waals surface area contributed by atoms with Crippen molar-refractivity contribution in [3.05, 3.63) is 21.0 Å². The van der Waals surface area contributed by atoms with Gasteiger partial charge in [-0.2, -0.15) is 18.3 Å². The van der Waals surface area contributed by atoms with E-state index in [0.717, 1.165) is 12.8 Å². The topological polar surface area (TPSA) is 64.2 Å².